The van der Waals surface area contributed by atoms with Gasteiger partial charge in [0.05, 0.1) is 12.2 Å². The molecule has 0 spiro atoms. The molecule has 0 aliphatic carbocycles. The third kappa shape index (κ3) is 46.3. The Morgan fingerprint density at radius 1 is 0.419 bits per heavy atom. The van der Waals surface area contributed by atoms with Gasteiger partial charge in [0.2, 0.25) is 0 Å². The normalized spacial score (nSPS) is 12.2. The molecule has 0 heterocycles. The van der Waals surface area contributed by atoms with E-state index in [0.29, 0.717) is 0 Å². The van der Waals surface area contributed by atoms with Crippen molar-refractivity contribution >= 4 is 11.9 Å². The average molecular weight is 711 g/mol. The van der Waals surface area contributed by atoms with Crippen molar-refractivity contribution in [1.82, 2.24) is 0 Å². The van der Waals surface area contributed by atoms with Gasteiger partial charge in [0, 0.05) is 11.9 Å². The maximum Gasteiger partial charge on any atom is 2.00 e. The molecule has 0 bridgehead atoms. The summed E-state index contributed by atoms with van der Waals surface area (Å²) in [5.41, 5.74) is 0. The molecule has 0 saturated carbocycles. The summed E-state index contributed by atoms with van der Waals surface area (Å²) in [7, 11) is 0. The minimum Gasteiger partial charge on any atom is -0.550 e. The second kappa shape index (κ2) is 39.8. The summed E-state index contributed by atoms with van der Waals surface area (Å²) in [4.78, 5) is 20.5. The first-order chi connectivity index (χ1) is 20.3. The Kier molecular flexibility index (Phi) is 43.7. The molecule has 2 unspecified atom stereocenters. The fraction of sp³-hybridized carbons (Fsp3) is 0.944. The summed E-state index contributed by atoms with van der Waals surface area (Å²) < 4.78 is 0. The van der Waals surface area contributed by atoms with Crippen LogP contribution >= 0.6 is 0 Å². The zero-order valence-electron chi connectivity index (χ0n) is 28.6. The zero-order chi connectivity index (χ0) is 31.5. The molecule has 2 N–H and O–H groups in total. The third-order valence-corrected chi connectivity index (χ3v) is 8.28. The standard InChI is InChI=1S/2C18H36O3.Cd/c2*1-2-17(19)15-13-11-9-7-5-3-4-6-8-10-12-14-16-18(20)21;/h2*17,19H,2-16H2,1H3,(H,20,21);/q;;+2/p-2. The smallest absolute Gasteiger partial charge is 0.550 e. The van der Waals surface area contributed by atoms with Crippen LogP contribution in [0.1, 0.15) is 206 Å². The molecule has 43 heavy (non-hydrogen) atoms. The molecule has 0 radical (unpaired) electrons. The van der Waals surface area contributed by atoms with Crippen LogP contribution in [0.2, 0.25) is 0 Å². The first-order valence-corrected chi connectivity index (χ1v) is 18.1. The van der Waals surface area contributed by atoms with Gasteiger partial charge in [-0.05, 0) is 51.4 Å². The van der Waals surface area contributed by atoms with E-state index in [0.717, 1.165) is 64.2 Å². The van der Waals surface area contributed by atoms with Crippen molar-refractivity contribution in [1.29, 1.82) is 0 Å². The van der Waals surface area contributed by atoms with E-state index in [2.05, 4.69) is 0 Å². The molecule has 0 amide bonds. The Balaban J connectivity index is -0.000000727. The summed E-state index contributed by atoms with van der Waals surface area (Å²) in [5, 5.41) is 39.3. The fourth-order valence-electron chi connectivity index (χ4n) is 5.24. The number of carbonyl (C=O) groups excluding carboxylic acids is 2. The molecule has 7 heteroatoms. The molecule has 0 aromatic carbocycles. The number of carboxylic acids is 2. The van der Waals surface area contributed by atoms with Crippen LogP contribution in [0.4, 0.5) is 0 Å². The number of carboxylic acid groups (broad SMARTS) is 2. The minimum absolute atomic E-state index is 0. The van der Waals surface area contributed by atoms with Crippen LogP contribution in [0, 0.1) is 0 Å². The molecule has 0 aliphatic heterocycles. The van der Waals surface area contributed by atoms with Crippen molar-refractivity contribution in [3.8, 4) is 0 Å². The molecule has 0 saturated heterocycles. The van der Waals surface area contributed by atoms with Crippen LogP contribution in [0.3, 0.4) is 0 Å². The zero-order valence-corrected chi connectivity index (χ0v) is 32.6. The molecule has 252 valence electrons. The second-order valence-electron chi connectivity index (χ2n) is 12.4. The van der Waals surface area contributed by atoms with Crippen molar-refractivity contribution in [2.75, 3.05) is 0 Å². The van der Waals surface area contributed by atoms with Crippen molar-refractivity contribution in [3.05, 3.63) is 0 Å². The van der Waals surface area contributed by atoms with E-state index in [1.165, 1.54) is 116 Å². The van der Waals surface area contributed by atoms with Gasteiger partial charge in [0.1, 0.15) is 0 Å². The topological polar surface area (TPSA) is 121 Å². The first-order valence-electron chi connectivity index (χ1n) is 18.1. The van der Waals surface area contributed by atoms with E-state index in [1.807, 2.05) is 13.8 Å². The van der Waals surface area contributed by atoms with E-state index >= 15 is 0 Å². The van der Waals surface area contributed by atoms with Crippen molar-refractivity contribution in [2.24, 2.45) is 0 Å². The summed E-state index contributed by atoms with van der Waals surface area (Å²) in [6.07, 6.45) is 33.0. The molecule has 0 rings (SSSR count). The minimum atomic E-state index is -0.917. The van der Waals surface area contributed by atoms with Gasteiger partial charge in [-0.2, -0.15) is 0 Å². The molecular formula is C36H70CdO6. The summed E-state index contributed by atoms with van der Waals surface area (Å²) >= 11 is 0. The molecule has 2 atom stereocenters. The molecule has 0 fully saturated rings. The number of aliphatic hydroxyl groups is 2. The van der Waals surface area contributed by atoms with Gasteiger partial charge in [0.15, 0.2) is 0 Å². The summed E-state index contributed by atoms with van der Waals surface area (Å²) in [5.74, 6) is -1.83. The predicted octanol–water partition coefficient (Wildman–Crippen LogP) is 7.93. The van der Waals surface area contributed by atoms with Crippen LogP contribution < -0.4 is 10.2 Å². The number of aliphatic hydroxyl groups excluding tert-OH is 2. The van der Waals surface area contributed by atoms with E-state index < -0.39 is 11.9 Å². The van der Waals surface area contributed by atoms with Crippen molar-refractivity contribution in [3.63, 3.8) is 0 Å². The molecule has 0 aliphatic rings. The van der Waals surface area contributed by atoms with Gasteiger partial charge in [-0.15, -0.1) is 0 Å². The van der Waals surface area contributed by atoms with E-state index in [4.69, 9.17) is 0 Å². The molecule has 0 aromatic heterocycles. The number of unbranched alkanes of at least 4 members (excludes halogenated alkanes) is 22. The van der Waals surface area contributed by atoms with Gasteiger partial charge >= 0.3 is 27.3 Å². The largest absolute Gasteiger partial charge is 2.00 e. The Hall–Kier alpha value is -0.218. The average Bonchev–Trinajstić information content (AvgIpc) is 2.97. The van der Waals surface area contributed by atoms with E-state index in [-0.39, 0.29) is 52.3 Å². The van der Waals surface area contributed by atoms with Crippen LogP contribution in [0.15, 0.2) is 0 Å². The Labute approximate surface area is 286 Å². The SMILES string of the molecule is CCC(O)CCCCCCCCCCCCCCC(=O)[O-].CCC(O)CCCCCCCCCCCCCCC(=O)[O-].[Cd+2]. The second-order valence-corrected chi connectivity index (χ2v) is 12.4. The monoisotopic (exact) mass is 712 g/mol. The van der Waals surface area contributed by atoms with Gasteiger partial charge < -0.3 is 30.0 Å². The number of rotatable bonds is 32. The number of aliphatic carboxylic acids is 2. The van der Waals surface area contributed by atoms with E-state index in [1.54, 1.807) is 0 Å². The van der Waals surface area contributed by atoms with Gasteiger partial charge in [-0.3, -0.25) is 0 Å². The number of hydrogen-bond donors (Lipinski definition) is 2. The molecule has 6 nitrogen and oxygen atoms in total. The van der Waals surface area contributed by atoms with Crippen LogP contribution in [0.5, 0.6) is 0 Å². The van der Waals surface area contributed by atoms with Crippen molar-refractivity contribution < 1.29 is 57.3 Å². The number of carbonyl (C=O) groups is 2. The maximum atomic E-state index is 10.2. The van der Waals surface area contributed by atoms with Gasteiger partial charge in [0.25, 0.3) is 0 Å². The Bertz CT molecular complexity index is 512. The van der Waals surface area contributed by atoms with Crippen LogP contribution in [0.25, 0.3) is 0 Å². The Morgan fingerprint density at radius 2 is 0.605 bits per heavy atom. The molecular weight excluding hydrogens is 641 g/mol. The van der Waals surface area contributed by atoms with E-state index in [9.17, 15) is 30.0 Å². The Morgan fingerprint density at radius 3 is 0.791 bits per heavy atom. The summed E-state index contributed by atoms with van der Waals surface area (Å²) in [6.45, 7) is 4.07. The fourth-order valence-corrected chi connectivity index (χ4v) is 5.24. The predicted molar refractivity (Wildman–Crippen MR) is 172 cm³/mol. The van der Waals surface area contributed by atoms with Crippen LogP contribution in [-0.2, 0) is 36.9 Å². The maximum absolute atomic E-state index is 10.2. The quantitative estimate of drug-likeness (QED) is 0.0540. The first kappa shape index (κ1) is 47.2. The van der Waals surface area contributed by atoms with Gasteiger partial charge in [-0.1, -0.05) is 155 Å². The van der Waals surface area contributed by atoms with Gasteiger partial charge in [-0.25, -0.2) is 0 Å². The number of hydrogen-bond acceptors (Lipinski definition) is 6. The summed E-state index contributed by atoms with van der Waals surface area (Å²) in [6, 6.07) is 0. The molecule has 0 aromatic rings. The van der Waals surface area contributed by atoms with Crippen molar-refractivity contribution in [2.45, 2.75) is 219 Å². The third-order valence-electron chi connectivity index (χ3n) is 8.28. The van der Waals surface area contributed by atoms with Crippen LogP contribution in [-0.4, -0.2) is 34.4 Å².